The monoisotopic (exact) mass is 277 g/mol. The van der Waals surface area contributed by atoms with Crippen LogP contribution in [-0.2, 0) is 0 Å². The zero-order valence-electron chi connectivity index (χ0n) is 12.2. The number of hydrogen-bond donors (Lipinski definition) is 1. The quantitative estimate of drug-likeness (QED) is 0.921. The molecule has 1 aromatic rings. The van der Waals surface area contributed by atoms with E-state index in [0.717, 1.165) is 18.8 Å². The van der Waals surface area contributed by atoms with Gasteiger partial charge >= 0.3 is 0 Å². The van der Waals surface area contributed by atoms with E-state index in [0.29, 0.717) is 11.6 Å². The summed E-state index contributed by atoms with van der Waals surface area (Å²) in [6.07, 6.45) is 3.82. The summed E-state index contributed by atoms with van der Waals surface area (Å²) in [4.78, 5) is 4.90. The molecule has 1 aromatic carbocycles. The van der Waals surface area contributed by atoms with Crippen LogP contribution < -0.4 is 10.6 Å². The Morgan fingerprint density at radius 1 is 1.25 bits per heavy atom. The van der Waals surface area contributed by atoms with E-state index in [1.165, 1.54) is 38.4 Å². The molecule has 3 rings (SSSR count). The summed E-state index contributed by atoms with van der Waals surface area (Å²) < 4.78 is 14.0. The van der Waals surface area contributed by atoms with Gasteiger partial charge in [-0.05, 0) is 51.4 Å². The van der Waals surface area contributed by atoms with Gasteiger partial charge in [-0.25, -0.2) is 4.39 Å². The van der Waals surface area contributed by atoms with Crippen molar-refractivity contribution < 1.29 is 4.39 Å². The molecule has 2 unspecified atom stereocenters. The van der Waals surface area contributed by atoms with Crippen LogP contribution in [0.15, 0.2) is 18.2 Å². The second-order valence-electron chi connectivity index (χ2n) is 6.09. The molecule has 2 aliphatic rings. The standard InChI is InChI=1S/C16H24FN3/c1-12(18)16-14(17)5-4-6-15(16)20-10-7-13(11-20)19-8-2-3-9-19/h4-6,12-13H,2-3,7-11,18H2,1H3. The summed E-state index contributed by atoms with van der Waals surface area (Å²) in [6, 6.07) is 5.67. The van der Waals surface area contributed by atoms with Gasteiger partial charge in [-0.1, -0.05) is 6.07 Å². The van der Waals surface area contributed by atoms with E-state index in [2.05, 4.69) is 9.80 Å². The minimum atomic E-state index is -0.267. The fourth-order valence-electron chi connectivity index (χ4n) is 3.62. The molecular weight excluding hydrogens is 253 g/mol. The van der Waals surface area contributed by atoms with Gasteiger partial charge in [-0.3, -0.25) is 4.90 Å². The van der Waals surface area contributed by atoms with Crippen LogP contribution in [0, 0.1) is 5.82 Å². The van der Waals surface area contributed by atoms with Gasteiger partial charge in [0.2, 0.25) is 0 Å². The molecule has 2 saturated heterocycles. The molecule has 2 atom stereocenters. The minimum Gasteiger partial charge on any atom is -0.370 e. The Labute approximate surface area is 120 Å². The number of nitrogens with two attached hydrogens (primary N) is 1. The zero-order valence-corrected chi connectivity index (χ0v) is 12.2. The molecule has 2 heterocycles. The van der Waals surface area contributed by atoms with Crippen molar-refractivity contribution in [3.63, 3.8) is 0 Å². The summed E-state index contributed by atoms with van der Waals surface area (Å²) in [5.41, 5.74) is 7.61. The van der Waals surface area contributed by atoms with Gasteiger partial charge in [0.25, 0.3) is 0 Å². The van der Waals surface area contributed by atoms with Gasteiger partial charge in [0.05, 0.1) is 0 Å². The fraction of sp³-hybridized carbons (Fsp3) is 0.625. The lowest BCUT2D eigenvalue weighted by atomic mass is 10.1. The van der Waals surface area contributed by atoms with Crippen molar-refractivity contribution in [1.29, 1.82) is 0 Å². The van der Waals surface area contributed by atoms with Crippen LogP contribution in [0.5, 0.6) is 0 Å². The highest BCUT2D eigenvalue weighted by Crippen LogP contribution is 2.31. The van der Waals surface area contributed by atoms with Crippen molar-refractivity contribution in [1.82, 2.24) is 4.90 Å². The number of likely N-dealkylation sites (tertiary alicyclic amines) is 1. The molecule has 2 fully saturated rings. The summed E-state index contributed by atoms with van der Waals surface area (Å²) in [7, 11) is 0. The van der Waals surface area contributed by atoms with Crippen LogP contribution in [-0.4, -0.2) is 37.1 Å². The maximum Gasteiger partial charge on any atom is 0.130 e. The highest BCUT2D eigenvalue weighted by molar-refractivity contribution is 5.56. The number of anilines is 1. The smallest absolute Gasteiger partial charge is 0.130 e. The van der Waals surface area contributed by atoms with Crippen LogP contribution >= 0.6 is 0 Å². The first kappa shape index (κ1) is 13.8. The Balaban J connectivity index is 1.79. The van der Waals surface area contributed by atoms with Crippen molar-refractivity contribution in [3.8, 4) is 0 Å². The van der Waals surface area contributed by atoms with Crippen LogP contribution in [0.4, 0.5) is 10.1 Å². The molecule has 0 radical (unpaired) electrons. The maximum atomic E-state index is 14.0. The average Bonchev–Trinajstić information content (AvgIpc) is 3.09. The zero-order chi connectivity index (χ0) is 14.1. The largest absolute Gasteiger partial charge is 0.370 e. The van der Waals surface area contributed by atoms with Crippen molar-refractivity contribution in [2.45, 2.75) is 38.3 Å². The molecular formula is C16H24FN3. The molecule has 110 valence electrons. The third kappa shape index (κ3) is 2.54. The van der Waals surface area contributed by atoms with Crippen molar-refractivity contribution in [2.75, 3.05) is 31.1 Å². The van der Waals surface area contributed by atoms with E-state index < -0.39 is 0 Å². The van der Waals surface area contributed by atoms with Crippen LogP contribution in [0.1, 0.15) is 37.8 Å². The first-order valence-electron chi connectivity index (χ1n) is 7.70. The van der Waals surface area contributed by atoms with Gasteiger partial charge in [0.15, 0.2) is 0 Å². The molecule has 0 aromatic heterocycles. The fourth-order valence-corrected chi connectivity index (χ4v) is 3.62. The topological polar surface area (TPSA) is 32.5 Å². The van der Waals surface area contributed by atoms with Crippen LogP contribution in [0.3, 0.4) is 0 Å². The molecule has 2 aliphatic heterocycles. The number of rotatable bonds is 3. The molecule has 0 bridgehead atoms. The molecule has 0 saturated carbocycles. The summed E-state index contributed by atoms with van der Waals surface area (Å²) in [5.74, 6) is -0.179. The Kier molecular flexibility index (Phi) is 3.94. The number of benzene rings is 1. The van der Waals surface area contributed by atoms with Crippen LogP contribution in [0.2, 0.25) is 0 Å². The van der Waals surface area contributed by atoms with E-state index in [1.807, 2.05) is 13.0 Å². The van der Waals surface area contributed by atoms with E-state index in [-0.39, 0.29) is 11.9 Å². The predicted molar refractivity (Wildman–Crippen MR) is 80.4 cm³/mol. The van der Waals surface area contributed by atoms with Gasteiger partial charge < -0.3 is 10.6 Å². The number of nitrogens with zero attached hydrogens (tertiary/aromatic N) is 2. The molecule has 0 amide bonds. The molecule has 0 aliphatic carbocycles. The highest BCUT2D eigenvalue weighted by atomic mass is 19.1. The first-order chi connectivity index (χ1) is 9.66. The predicted octanol–water partition coefficient (Wildman–Crippen LogP) is 2.52. The average molecular weight is 277 g/mol. The molecule has 0 spiro atoms. The van der Waals surface area contributed by atoms with Crippen molar-refractivity contribution in [2.24, 2.45) is 5.73 Å². The summed E-state index contributed by atoms with van der Waals surface area (Å²) >= 11 is 0. The van der Waals surface area contributed by atoms with Gasteiger partial charge in [0.1, 0.15) is 5.82 Å². The Morgan fingerprint density at radius 3 is 2.70 bits per heavy atom. The van der Waals surface area contributed by atoms with E-state index in [9.17, 15) is 4.39 Å². The van der Waals surface area contributed by atoms with E-state index in [4.69, 9.17) is 5.73 Å². The van der Waals surface area contributed by atoms with Gasteiger partial charge in [-0.2, -0.15) is 0 Å². The van der Waals surface area contributed by atoms with Crippen molar-refractivity contribution >= 4 is 5.69 Å². The normalized spacial score (nSPS) is 25.4. The van der Waals surface area contributed by atoms with Gasteiger partial charge in [0, 0.05) is 36.4 Å². The third-order valence-electron chi connectivity index (χ3n) is 4.65. The Bertz CT molecular complexity index is 469. The highest BCUT2D eigenvalue weighted by Gasteiger charge is 2.30. The number of hydrogen-bond acceptors (Lipinski definition) is 3. The Hall–Kier alpha value is -1.13. The van der Waals surface area contributed by atoms with E-state index in [1.54, 1.807) is 6.07 Å². The van der Waals surface area contributed by atoms with Crippen LogP contribution in [0.25, 0.3) is 0 Å². The van der Waals surface area contributed by atoms with Crippen molar-refractivity contribution in [3.05, 3.63) is 29.6 Å². The summed E-state index contributed by atoms with van der Waals surface area (Å²) in [6.45, 7) is 6.31. The molecule has 2 N–H and O–H groups in total. The lowest BCUT2D eigenvalue weighted by Crippen LogP contribution is -2.35. The molecule has 3 nitrogen and oxygen atoms in total. The lowest BCUT2D eigenvalue weighted by molar-refractivity contribution is 0.260. The van der Waals surface area contributed by atoms with E-state index >= 15 is 0 Å². The molecule has 20 heavy (non-hydrogen) atoms. The maximum absolute atomic E-state index is 14.0. The minimum absolute atomic E-state index is 0.179. The lowest BCUT2D eigenvalue weighted by Gasteiger charge is -2.26. The number of halogens is 1. The first-order valence-corrected chi connectivity index (χ1v) is 7.70. The third-order valence-corrected chi connectivity index (χ3v) is 4.65. The second kappa shape index (κ2) is 5.70. The second-order valence-corrected chi connectivity index (χ2v) is 6.09. The van der Waals surface area contributed by atoms with Gasteiger partial charge in [-0.15, -0.1) is 0 Å². The summed E-state index contributed by atoms with van der Waals surface area (Å²) in [5, 5.41) is 0. The molecule has 4 heteroatoms. The Morgan fingerprint density at radius 2 is 2.00 bits per heavy atom. The SMILES string of the molecule is CC(N)c1c(F)cccc1N1CCC(N2CCCC2)C1.